The minimum Gasteiger partial charge on any atom is -0.394 e. The van der Waals surface area contributed by atoms with Crippen molar-refractivity contribution in [3.63, 3.8) is 0 Å². The minimum atomic E-state index is -1.04. The number of carbonyl (C=O) groups is 1. The van der Waals surface area contributed by atoms with Crippen LogP contribution in [-0.4, -0.2) is 53.2 Å². The average molecular weight is 448 g/mol. The molecule has 4 atom stereocenters. The molecule has 0 aromatic heterocycles. The normalized spacial score (nSPS) is 22.7. The Morgan fingerprint density at radius 2 is 1.70 bits per heavy atom. The summed E-state index contributed by atoms with van der Waals surface area (Å²) in [5.74, 6) is -0.116. The van der Waals surface area contributed by atoms with Gasteiger partial charge in [-0.3, -0.25) is 4.79 Å². The summed E-state index contributed by atoms with van der Waals surface area (Å²) in [5, 5.41) is 32.5. The van der Waals surface area contributed by atoms with Crippen molar-refractivity contribution in [1.82, 2.24) is 5.32 Å². The highest BCUT2D eigenvalue weighted by Gasteiger charge is 2.37. The Balaban J connectivity index is 1.57. The first kappa shape index (κ1) is 23.1. The molecule has 3 aromatic rings. The van der Waals surface area contributed by atoms with Gasteiger partial charge in [0.25, 0.3) is 5.91 Å². The molecule has 6 heteroatoms. The van der Waals surface area contributed by atoms with Gasteiger partial charge in [0.05, 0.1) is 18.8 Å². The molecule has 1 saturated heterocycles. The lowest BCUT2D eigenvalue weighted by Gasteiger charge is -2.36. The Hall–Kier alpha value is -3.03. The molecule has 1 aliphatic heterocycles. The molecule has 0 radical (unpaired) electrons. The summed E-state index contributed by atoms with van der Waals surface area (Å²) >= 11 is 0. The highest BCUT2D eigenvalue weighted by molar-refractivity contribution is 5.95. The topological polar surface area (TPSA) is 99.0 Å². The van der Waals surface area contributed by atoms with E-state index in [4.69, 9.17) is 4.74 Å². The first-order valence-corrected chi connectivity index (χ1v) is 11.1. The number of nitrogens with one attached hydrogen (secondary N) is 1. The van der Waals surface area contributed by atoms with Gasteiger partial charge < -0.3 is 25.4 Å². The van der Waals surface area contributed by atoms with E-state index in [-0.39, 0.29) is 18.9 Å². The van der Waals surface area contributed by atoms with Crippen molar-refractivity contribution in [2.24, 2.45) is 0 Å². The quantitative estimate of drug-likeness (QED) is 0.481. The number of ether oxygens (including phenoxy) is 1. The van der Waals surface area contributed by atoms with Crippen LogP contribution >= 0.6 is 0 Å². The monoisotopic (exact) mass is 447 g/mol. The van der Waals surface area contributed by atoms with E-state index in [9.17, 15) is 20.1 Å². The average Bonchev–Trinajstić information content (AvgIpc) is 2.85. The molecule has 0 aliphatic carbocycles. The van der Waals surface area contributed by atoms with Gasteiger partial charge in [-0.2, -0.15) is 0 Å². The zero-order valence-corrected chi connectivity index (χ0v) is 18.7. The zero-order chi connectivity index (χ0) is 23.5. The number of hydrogen-bond donors (Lipinski definition) is 4. The number of benzene rings is 3. The lowest BCUT2D eigenvalue weighted by Crippen LogP contribution is -2.44. The molecule has 1 aliphatic rings. The lowest BCUT2D eigenvalue weighted by atomic mass is 9.91. The van der Waals surface area contributed by atoms with E-state index in [1.165, 1.54) is 0 Å². The number of carbonyl (C=O) groups excluding carboxylic acids is 1. The maximum atomic E-state index is 12.0. The Labute approximate surface area is 193 Å². The molecule has 4 N–H and O–H groups in total. The summed E-state index contributed by atoms with van der Waals surface area (Å²) in [6.45, 7) is 1.85. The smallest absolute Gasteiger partial charge is 0.251 e. The van der Waals surface area contributed by atoms with Gasteiger partial charge in [-0.1, -0.05) is 54.6 Å². The summed E-state index contributed by atoms with van der Waals surface area (Å²) in [7, 11) is 1.62. The van der Waals surface area contributed by atoms with Crippen molar-refractivity contribution in [2.75, 3.05) is 13.7 Å². The number of aryl methyl sites for hydroxylation is 1. The molecule has 172 valence electrons. The number of hydrogen-bond acceptors (Lipinski definition) is 5. The minimum absolute atomic E-state index is 0.116. The van der Waals surface area contributed by atoms with Crippen LogP contribution in [0.1, 0.15) is 34.0 Å². The van der Waals surface area contributed by atoms with E-state index >= 15 is 0 Å². The second-order valence-electron chi connectivity index (χ2n) is 8.47. The fraction of sp³-hybridized carbons (Fsp3) is 0.296. The first-order chi connectivity index (χ1) is 15.9. The van der Waals surface area contributed by atoms with E-state index in [0.29, 0.717) is 5.56 Å². The van der Waals surface area contributed by atoms with Crippen LogP contribution in [0.15, 0.2) is 66.7 Å². The third-order valence-electron chi connectivity index (χ3n) is 6.21. The number of aliphatic hydroxyl groups is 3. The summed E-state index contributed by atoms with van der Waals surface area (Å²) in [4.78, 5) is 12.0. The molecule has 0 spiro atoms. The van der Waals surface area contributed by atoms with E-state index in [1.54, 1.807) is 13.1 Å². The summed E-state index contributed by atoms with van der Waals surface area (Å²) < 4.78 is 5.78. The maximum absolute atomic E-state index is 12.0. The summed E-state index contributed by atoms with van der Waals surface area (Å²) in [6.07, 6.45) is -2.94. The second-order valence-corrected chi connectivity index (χ2v) is 8.47. The summed E-state index contributed by atoms with van der Waals surface area (Å²) in [6, 6.07) is 21.4. The van der Waals surface area contributed by atoms with Crippen LogP contribution in [0.5, 0.6) is 0 Å². The van der Waals surface area contributed by atoms with Crippen LogP contribution in [0.4, 0.5) is 0 Å². The van der Waals surface area contributed by atoms with Crippen molar-refractivity contribution in [3.05, 3.63) is 83.4 Å². The van der Waals surface area contributed by atoms with Gasteiger partial charge in [0.15, 0.2) is 0 Å². The predicted octanol–water partition coefficient (Wildman–Crippen LogP) is 3.23. The molecule has 3 unspecified atom stereocenters. The van der Waals surface area contributed by atoms with E-state index in [2.05, 4.69) is 17.4 Å². The third kappa shape index (κ3) is 4.84. The number of amides is 1. The fourth-order valence-electron chi connectivity index (χ4n) is 4.35. The van der Waals surface area contributed by atoms with Crippen molar-refractivity contribution < 1.29 is 24.9 Å². The van der Waals surface area contributed by atoms with Crippen LogP contribution in [-0.2, 0) is 4.74 Å². The maximum Gasteiger partial charge on any atom is 0.251 e. The Morgan fingerprint density at radius 1 is 1.00 bits per heavy atom. The number of aliphatic hydroxyl groups excluding tert-OH is 3. The predicted molar refractivity (Wildman–Crippen MR) is 127 cm³/mol. The molecule has 33 heavy (non-hydrogen) atoms. The van der Waals surface area contributed by atoms with Crippen LogP contribution < -0.4 is 5.32 Å². The third-order valence-corrected chi connectivity index (χ3v) is 6.21. The molecule has 1 fully saturated rings. The van der Waals surface area contributed by atoms with E-state index in [1.807, 2.05) is 55.5 Å². The highest BCUT2D eigenvalue weighted by Crippen LogP contribution is 2.34. The zero-order valence-electron chi connectivity index (χ0n) is 18.7. The van der Waals surface area contributed by atoms with Crippen molar-refractivity contribution in [1.29, 1.82) is 0 Å². The molecule has 0 bridgehead atoms. The van der Waals surface area contributed by atoms with E-state index < -0.39 is 24.4 Å². The van der Waals surface area contributed by atoms with Crippen molar-refractivity contribution >= 4 is 5.91 Å². The van der Waals surface area contributed by atoms with Crippen molar-refractivity contribution in [2.45, 2.75) is 37.8 Å². The molecule has 0 saturated carbocycles. The molecule has 6 nitrogen and oxygen atoms in total. The molecule has 4 rings (SSSR count). The molecule has 1 amide bonds. The van der Waals surface area contributed by atoms with Gasteiger partial charge in [-0.25, -0.2) is 0 Å². The molecule has 3 aromatic carbocycles. The standard InChI is InChI=1S/C27H29NO5/c1-16-12-20(19-4-3-5-21(13-19)27(32)28-2)10-11-23(16)17-6-8-18(9-7-17)26-25(31)24(30)14-22(15-29)33-26/h3-13,22,24-26,29-31H,14-15H2,1-2H3,(H,28,32)/t22?,24?,25?,26-/m1/s1. The summed E-state index contributed by atoms with van der Waals surface area (Å²) in [5.41, 5.74) is 6.56. The molecular weight excluding hydrogens is 418 g/mol. The van der Waals surface area contributed by atoms with Crippen LogP contribution in [0.2, 0.25) is 0 Å². The Bertz CT molecular complexity index is 1130. The SMILES string of the molecule is CNC(=O)c1cccc(-c2ccc(-c3ccc([C@H]4OC(CO)CC(O)C4O)cc3)c(C)c2)c1. The van der Waals surface area contributed by atoms with Crippen LogP contribution in [0.3, 0.4) is 0 Å². The largest absolute Gasteiger partial charge is 0.394 e. The lowest BCUT2D eigenvalue weighted by molar-refractivity contribution is -0.179. The van der Waals surface area contributed by atoms with Gasteiger partial charge in [-0.05, 0) is 52.4 Å². The second kappa shape index (κ2) is 9.85. The highest BCUT2D eigenvalue weighted by atomic mass is 16.5. The van der Waals surface area contributed by atoms with Gasteiger partial charge in [0, 0.05) is 19.0 Å². The van der Waals surface area contributed by atoms with Crippen LogP contribution in [0, 0.1) is 6.92 Å². The van der Waals surface area contributed by atoms with Crippen molar-refractivity contribution in [3.8, 4) is 22.3 Å². The van der Waals surface area contributed by atoms with Gasteiger partial charge in [-0.15, -0.1) is 0 Å². The molecular formula is C27H29NO5. The Morgan fingerprint density at radius 3 is 2.36 bits per heavy atom. The van der Waals surface area contributed by atoms with Gasteiger partial charge >= 0.3 is 0 Å². The van der Waals surface area contributed by atoms with Gasteiger partial charge in [0.2, 0.25) is 0 Å². The van der Waals surface area contributed by atoms with Gasteiger partial charge in [0.1, 0.15) is 12.2 Å². The van der Waals surface area contributed by atoms with E-state index in [0.717, 1.165) is 33.4 Å². The first-order valence-electron chi connectivity index (χ1n) is 11.1. The van der Waals surface area contributed by atoms with Crippen LogP contribution in [0.25, 0.3) is 22.3 Å². The Kier molecular flexibility index (Phi) is 6.91. The fourth-order valence-corrected chi connectivity index (χ4v) is 4.35. The number of rotatable bonds is 5. The molecule has 1 heterocycles.